The number of guanidine groups is 1. The standard InChI is InChI=1S/C47H61N11O8/c1-28(59)55-38-18-17-34(60)13-5-7-16-37(43(48)63)56-44(64)31(21-32-25-53-36-15-8-6-14-35(32)36)23-41(61)30(12-9-19-52-47(49)50)22-42(62)39(20-29-10-3-2-4-11-29)57-46(66)40(58-45(38)65)24-33-26-51-27-54-33/h2-4,6,8,10-11,14-15,25-27,30-31,37-40,53H,5,7,9,12-13,16-24H2,1H3,(H2,48,63)(H,51,54)(H,55,59)(H,56,64)(H,57,66)(H,58,65)(H4,49,50,52)/t30-,31-,37+,38+,39-,40+/m1/s1. The molecule has 1 saturated heterocycles. The number of fused-ring (bicyclic) bond motifs is 1. The molecular formula is C47H61N11O8. The molecule has 6 atom stereocenters. The Morgan fingerprint density at radius 2 is 1.48 bits per heavy atom. The van der Waals surface area contributed by atoms with E-state index in [1.807, 2.05) is 24.3 Å². The quantitative estimate of drug-likeness (QED) is 0.0557. The van der Waals surface area contributed by atoms with E-state index in [0.717, 1.165) is 16.5 Å². The predicted octanol–water partition coefficient (Wildman–Crippen LogP) is 1.49. The highest BCUT2D eigenvalue weighted by Gasteiger charge is 2.35. The number of Topliss-reactive ketones (excluding diaryl/α,β-unsaturated/α-hetero) is 3. The molecule has 0 radical (unpaired) electrons. The molecule has 3 heterocycles. The van der Waals surface area contributed by atoms with Crippen molar-refractivity contribution in [3.05, 3.63) is 90.1 Å². The number of aliphatic imine (C=N–C) groups is 1. The average molecular weight is 908 g/mol. The van der Waals surface area contributed by atoms with Gasteiger partial charge in [0.05, 0.1) is 12.4 Å². The molecule has 0 saturated carbocycles. The van der Waals surface area contributed by atoms with E-state index < -0.39 is 77.1 Å². The van der Waals surface area contributed by atoms with Gasteiger partial charge in [0.15, 0.2) is 11.7 Å². The fourth-order valence-electron chi connectivity index (χ4n) is 8.20. The maximum Gasteiger partial charge on any atom is 0.243 e. The van der Waals surface area contributed by atoms with E-state index in [-0.39, 0.29) is 82.5 Å². The highest BCUT2D eigenvalue weighted by atomic mass is 16.2. The third-order valence-electron chi connectivity index (χ3n) is 11.7. The molecule has 4 aromatic rings. The fourth-order valence-corrected chi connectivity index (χ4v) is 8.20. The minimum Gasteiger partial charge on any atom is -0.370 e. The first-order valence-corrected chi connectivity index (χ1v) is 22.3. The molecule has 352 valence electrons. The van der Waals surface area contributed by atoms with Crippen molar-refractivity contribution in [2.24, 2.45) is 34.0 Å². The van der Waals surface area contributed by atoms with Crippen LogP contribution in [0.1, 0.15) is 88.0 Å². The van der Waals surface area contributed by atoms with E-state index in [1.54, 1.807) is 36.5 Å². The molecular weight excluding hydrogens is 847 g/mol. The number of rotatable bonds is 12. The number of para-hydroxylation sites is 1. The first-order valence-electron chi connectivity index (χ1n) is 22.3. The Balaban J connectivity index is 1.53. The summed E-state index contributed by atoms with van der Waals surface area (Å²) in [6, 6.07) is 11.7. The second-order valence-electron chi connectivity index (χ2n) is 16.9. The summed E-state index contributed by atoms with van der Waals surface area (Å²) in [7, 11) is 0. The number of benzene rings is 2. The lowest BCUT2D eigenvalue weighted by Gasteiger charge is -2.26. The minimum absolute atomic E-state index is 0.0295. The fraction of sp³-hybridized carbons (Fsp3) is 0.447. The predicted molar refractivity (Wildman–Crippen MR) is 246 cm³/mol. The van der Waals surface area contributed by atoms with Crippen molar-refractivity contribution < 1.29 is 38.4 Å². The number of imidazole rings is 1. The maximum absolute atomic E-state index is 14.6. The molecule has 1 fully saturated rings. The van der Waals surface area contributed by atoms with Crippen LogP contribution in [0.3, 0.4) is 0 Å². The number of ketones is 3. The van der Waals surface area contributed by atoms with Crippen LogP contribution in [0, 0.1) is 11.8 Å². The first kappa shape index (κ1) is 49.8. The van der Waals surface area contributed by atoms with Gasteiger partial charge in [-0.2, -0.15) is 0 Å². The summed E-state index contributed by atoms with van der Waals surface area (Å²) in [5, 5.41) is 11.8. The van der Waals surface area contributed by atoms with Crippen LogP contribution in [0.4, 0.5) is 0 Å². The lowest BCUT2D eigenvalue weighted by Crippen LogP contribution is -2.56. The number of amides is 5. The number of carbonyl (C=O) groups excluding carboxylic acids is 8. The monoisotopic (exact) mass is 907 g/mol. The Bertz CT molecular complexity index is 2340. The lowest BCUT2D eigenvalue weighted by molar-refractivity contribution is -0.135. The zero-order valence-corrected chi connectivity index (χ0v) is 37.2. The van der Waals surface area contributed by atoms with Gasteiger partial charge in [-0.05, 0) is 62.1 Å². The highest BCUT2D eigenvalue weighted by molar-refractivity contribution is 5.97. The van der Waals surface area contributed by atoms with Crippen LogP contribution in [0.15, 0.2) is 78.3 Å². The van der Waals surface area contributed by atoms with Gasteiger partial charge in [-0.25, -0.2) is 4.98 Å². The Labute approximate surface area is 382 Å². The van der Waals surface area contributed by atoms with Crippen molar-refractivity contribution in [1.29, 1.82) is 0 Å². The molecule has 5 rings (SSSR count). The van der Waals surface area contributed by atoms with E-state index in [0.29, 0.717) is 30.5 Å². The van der Waals surface area contributed by atoms with Crippen LogP contribution in [-0.2, 0) is 57.6 Å². The van der Waals surface area contributed by atoms with Crippen molar-refractivity contribution in [2.75, 3.05) is 6.54 Å². The number of H-pyrrole nitrogens is 2. The summed E-state index contributed by atoms with van der Waals surface area (Å²) < 4.78 is 0. The molecule has 2 aromatic heterocycles. The van der Waals surface area contributed by atoms with Gasteiger partial charge in [-0.15, -0.1) is 0 Å². The number of hydrogen-bond donors (Lipinski definition) is 9. The number of aromatic amines is 2. The maximum atomic E-state index is 14.6. The van der Waals surface area contributed by atoms with Gasteiger partial charge in [0.25, 0.3) is 0 Å². The molecule has 0 unspecified atom stereocenters. The molecule has 1 aliphatic rings. The first-order chi connectivity index (χ1) is 31.7. The van der Waals surface area contributed by atoms with Gasteiger partial charge in [0.1, 0.15) is 29.7 Å². The summed E-state index contributed by atoms with van der Waals surface area (Å²) in [5.74, 6) is -6.56. The van der Waals surface area contributed by atoms with E-state index in [4.69, 9.17) is 17.2 Å². The van der Waals surface area contributed by atoms with E-state index in [1.165, 1.54) is 19.4 Å². The van der Waals surface area contributed by atoms with Gasteiger partial charge in [0.2, 0.25) is 29.5 Å². The van der Waals surface area contributed by atoms with Gasteiger partial charge in [-0.1, -0.05) is 55.0 Å². The molecule has 19 nitrogen and oxygen atoms in total. The minimum atomic E-state index is -1.28. The van der Waals surface area contributed by atoms with Crippen LogP contribution in [0.25, 0.3) is 10.9 Å². The summed E-state index contributed by atoms with van der Waals surface area (Å²) in [6.07, 6.45) is 5.22. The smallest absolute Gasteiger partial charge is 0.243 e. The van der Waals surface area contributed by atoms with Gasteiger partial charge < -0.3 is 48.4 Å². The summed E-state index contributed by atoms with van der Waals surface area (Å²) in [4.78, 5) is 124. The topological polar surface area (TPSA) is 320 Å². The zero-order valence-electron chi connectivity index (χ0n) is 37.2. The van der Waals surface area contributed by atoms with Crippen LogP contribution < -0.4 is 38.5 Å². The summed E-state index contributed by atoms with van der Waals surface area (Å²) in [6.45, 7) is 1.38. The van der Waals surface area contributed by atoms with Crippen LogP contribution in [0.5, 0.6) is 0 Å². The molecule has 1 aliphatic heterocycles. The largest absolute Gasteiger partial charge is 0.370 e. The number of primary amides is 1. The van der Waals surface area contributed by atoms with E-state index in [9.17, 15) is 38.4 Å². The van der Waals surface area contributed by atoms with Crippen molar-refractivity contribution in [3.63, 3.8) is 0 Å². The van der Waals surface area contributed by atoms with Crippen molar-refractivity contribution in [3.8, 4) is 0 Å². The highest BCUT2D eigenvalue weighted by Crippen LogP contribution is 2.26. The number of nitrogens with two attached hydrogens (primary N) is 3. The average Bonchev–Trinajstić information content (AvgIpc) is 3.96. The van der Waals surface area contributed by atoms with Crippen molar-refractivity contribution in [2.45, 2.75) is 115 Å². The summed E-state index contributed by atoms with van der Waals surface area (Å²) in [5.41, 5.74) is 19.7. The van der Waals surface area contributed by atoms with Crippen LogP contribution >= 0.6 is 0 Å². The van der Waals surface area contributed by atoms with Crippen molar-refractivity contribution in [1.82, 2.24) is 36.2 Å². The molecule has 12 N–H and O–H groups in total. The van der Waals surface area contributed by atoms with Crippen molar-refractivity contribution >= 4 is 63.7 Å². The summed E-state index contributed by atoms with van der Waals surface area (Å²) >= 11 is 0. The van der Waals surface area contributed by atoms with Crippen LogP contribution in [0.2, 0.25) is 0 Å². The number of carbonyl (C=O) groups is 8. The van der Waals surface area contributed by atoms with E-state index >= 15 is 0 Å². The number of nitrogens with zero attached hydrogens (tertiary/aromatic N) is 2. The molecule has 0 spiro atoms. The third kappa shape index (κ3) is 15.5. The molecule has 2 aromatic carbocycles. The SMILES string of the molecule is CC(=O)N[C@H]1CCC(=O)CCCC[C@@H](C(N)=O)NC(=O)[C@H](Cc2c[nH]c3ccccc23)CC(=O)[C@H](CCCN=C(N)N)CC(=O)[C@@H](Cc2ccccc2)NC(=O)[C@H](Cc2cnc[nH]2)NC1=O. The molecule has 19 heteroatoms. The number of hydrogen-bond acceptors (Lipinski definition) is 10. The Kier molecular flexibility index (Phi) is 18.7. The molecule has 0 bridgehead atoms. The van der Waals surface area contributed by atoms with E-state index in [2.05, 4.69) is 41.2 Å². The van der Waals surface area contributed by atoms with Gasteiger partial charge in [0, 0.05) is 86.4 Å². The third-order valence-corrected chi connectivity index (χ3v) is 11.7. The Morgan fingerprint density at radius 1 is 0.758 bits per heavy atom. The number of nitrogens with one attached hydrogen (secondary N) is 6. The normalized spacial score (nSPS) is 22.4. The zero-order chi connectivity index (χ0) is 47.6. The Hall–Kier alpha value is -7.18. The molecule has 0 aliphatic carbocycles. The molecule has 5 amide bonds. The second-order valence-corrected chi connectivity index (χ2v) is 16.9. The molecule has 66 heavy (non-hydrogen) atoms. The van der Waals surface area contributed by atoms with Gasteiger partial charge in [-0.3, -0.25) is 43.3 Å². The Morgan fingerprint density at radius 3 is 2.20 bits per heavy atom. The number of aromatic nitrogens is 3. The lowest BCUT2D eigenvalue weighted by atomic mass is 9.83. The van der Waals surface area contributed by atoms with Crippen LogP contribution in [-0.4, -0.2) is 98.5 Å². The second kappa shape index (κ2) is 24.8. The van der Waals surface area contributed by atoms with Gasteiger partial charge >= 0.3 is 0 Å².